The third-order valence-electron chi connectivity index (χ3n) is 6.97. The van der Waals surface area contributed by atoms with Crippen molar-refractivity contribution in [3.63, 3.8) is 0 Å². The number of carbonyl (C=O) groups excluding carboxylic acids is 3. The Labute approximate surface area is 200 Å². The lowest BCUT2D eigenvalue weighted by Gasteiger charge is -2.40. The molecule has 34 heavy (non-hydrogen) atoms. The summed E-state index contributed by atoms with van der Waals surface area (Å²) in [5.41, 5.74) is 2.08. The molecule has 2 aromatic rings. The Hall–Kier alpha value is -3.22. The molecule has 2 heterocycles. The normalized spacial score (nSPS) is 18.4. The van der Waals surface area contributed by atoms with Crippen molar-refractivity contribution >= 4 is 17.7 Å². The standard InChI is InChI=1S/C27H32FN3O3/c1-2-24(25(32)29-14-12-21(13-15-29)18-20-6-4-3-5-7-20)31-17-16-30(26(33)27(31)34)19-22-8-10-23(28)11-9-22/h3-11,21,24H,2,12-19H2,1H3. The summed E-state index contributed by atoms with van der Waals surface area (Å²) >= 11 is 0. The number of hydrogen-bond acceptors (Lipinski definition) is 3. The average Bonchev–Trinajstić information content (AvgIpc) is 2.86. The molecule has 2 saturated heterocycles. The van der Waals surface area contributed by atoms with Crippen LogP contribution in [0.5, 0.6) is 0 Å². The first-order chi connectivity index (χ1) is 16.5. The summed E-state index contributed by atoms with van der Waals surface area (Å²) in [5, 5.41) is 0. The van der Waals surface area contributed by atoms with Crippen molar-refractivity contribution in [2.24, 2.45) is 5.92 Å². The quantitative estimate of drug-likeness (QED) is 0.590. The van der Waals surface area contributed by atoms with E-state index in [2.05, 4.69) is 24.3 Å². The van der Waals surface area contributed by atoms with Crippen LogP contribution in [0, 0.1) is 11.7 Å². The van der Waals surface area contributed by atoms with Crippen LogP contribution in [0.15, 0.2) is 54.6 Å². The number of halogens is 1. The summed E-state index contributed by atoms with van der Waals surface area (Å²) in [6.45, 7) is 4.16. The number of amides is 3. The van der Waals surface area contributed by atoms with E-state index >= 15 is 0 Å². The van der Waals surface area contributed by atoms with Gasteiger partial charge in [0.1, 0.15) is 11.9 Å². The second-order valence-electron chi connectivity index (χ2n) is 9.23. The Bertz CT molecular complexity index is 1000. The molecular formula is C27H32FN3O3. The number of piperazine rings is 1. The molecule has 3 amide bonds. The van der Waals surface area contributed by atoms with Crippen molar-refractivity contribution in [3.8, 4) is 0 Å². The Morgan fingerprint density at radius 1 is 0.912 bits per heavy atom. The highest BCUT2D eigenvalue weighted by Gasteiger charge is 2.40. The minimum absolute atomic E-state index is 0.0613. The van der Waals surface area contributed by atoms with E-state index in [-0.39, 0.29) is 18.3 Å². The van der Waals surface area contributed by atoms with Gasteiger partial charge in [-0.05, 0) is 54.9 Å². The molecule has 0 bridgehead atoms. The van der Waals surface area contributed by atoms with Gasteiger partial charge in [0.25, 0.3) is 0 Å². The maximum absolute atomic E-state index is 13.3. The molecule has 2 aliphatic heterocycles. The molecule has 0 aromatic heterocycles. The van der Waals surface area contributed by atoms with Crippen LogP contribution in [0.25, 0.3) is 0 Å². The zero-order chi connectivity index (χ0) is 24.1. The molecule has 1 atom stereocenters. The van der Waals surface area contributed by atoms with Crippen LogP contribution in [0.2, 0.25) is 0 Å². The fourth-order valence-corrected chi connectivity index (χ4v) is 4.99. The SMILES string of the molecule is CCC(C(=O)N1CCC(Cc2ccccc2)CC1)N1CCN(Cc2ccc(F)cc2)C(=O)C1=O. The molecule has 2 aromatic carbocycles. The monoisotopic (exact) mass is 465 g/mol. The zero-order valence-corrected chi connectivity index (χ0v) is 19.7. The van der Waals surface area contributed by atoms with E-state index in [9.17, 15) is 18.8 Å². The van der Waals surface area contributed by atoms with Crippen molar-refractivity contribution in [1.29, 1.82) is 0 Å². The molecule has 7 heteroatoms. The Balaban J connectivity index is 1.33. The van der Waals surface area contributed by atoms with Crippen LogP contribution in [0.1, 0.15) is 37.3 Å². The minimum Gasteiger partial charge on any atom is -0.341 e. The molecule has 0 spiro atoms. The van der Waals surface area contributed by atoms with Crippen molar-refractivity contribution in [2.75, 3.05) is 26.2 Å². The molecule has 2 aliphatic rings. The first kappa shape index (κ1) is 23.9. The van der Waals surface area contributed by atoms with Crippen LogP contribution in [-0.2, 0) is 27.3 Å². The number of rotatable bonds is 7. The van der Waals surface area contributed by atoms with Gasteiger partial charge in [0, 0.05) is 32.7 Å². The molecule has 6 nitrogen and oxygen atoms in total. The maximum Gasteiger partial charge on any atom is 0.312 e. The van der Waals surface area contributed by atoms with Gasteiger partial charge in [-0.3, -0.25) is 14.4 Å². The lowest BCUT2D eigenvalue weighted by Crippen LogP contribution is -2.60. The number of piperidine rings is 1. The van der Waals surface area contributed by atoms with E-state index in [0.717, 1.165) is 24.8 Å². The molecule has 0 aliphatic carbocycles. The lowest BCUT2D eigenvalue weighted by atomic mass is 9.90. The van der Waals surface area contributed by atoms with Crippen LogP contribution >= 0.6 is 0 Å². The highest BCUT2D eigenvalue weighted by atomic mass is 19.1. The first-order valence-corrected chi connectivity index (χ1v) is 12.1. The minimum atomic E-state index is -0.632. The summed E-state index contributed by atoms with van der Waals surface area (Å²) in [5.74, 6) is -1.10. The largest absolute Gasteiger partial charge is 0.341 e. The number of carbonyl (C=O) groups is 3. The highest BCUT2D eigenvalue weighted by molar-refractivity contribution is 6.35. The molecule has 0 saturated carbocycles. The smallest absolute Gasteiger partial charge is 0.312 e. The summed E-state index contributed by atoms with van der Waals surface area (Å²) in [6, 6.07) is 15.7. The first-order valence-electron chi connectivity index (χ1n) is 12.1. The molecule has 2 fully saturated rings. The molecule has 4 rings (SSSR count). The van der Waals surface area contributed by atoms with Gasteiger partial charge in [0.15, 0.2) is 0 Å². The van der Waals surface area contributed by atoms with Gasteiger partial charge in [-0.25, -0.2) is 4.39 Å². The summed E-state index contributed by atoms with van der Waals surface area (Å²) in [4.78, 5) is 43.8. The van der Waals surface area contributed by atoms with E-state index < -0.39 is 17.9 Å². The van der Waals surface area contributed by atoms with Gasteiger partial charge < -0.3 is 14.7 Å². The van der Waals surface area contributed by atoms with Crippen molar-refractivity contribution < 1.29 is 18.8 Å². The van der Waals surface area contributed by atoms with Gasteiger partial charge >= 0.3 is 11.8 Å². The maximum atomic E-state index is 13.3. The number of benzene rings is 2. The van der Waals surface area contributed by atoms with Gasteiger partial charge in [-0.2, -0.15) is 0 Å². The van der Waals surface area contributed by atoms with E-state index in [1.807, 2.05) is 17.9 Å². The van der Waals surface area contributed by atoms with E-state index in [0.29, 0.717) is 38.5 Å². The fourth-order valence-electron chi connectivity index (χ4n) is 4.99. The van der Waals surface area contributed by atoms with Crippen LogP contribution < -0.4 is 0 Å². The third kappa shape index (κ3) is 5.46. The second-order valence-corrected chi connectivity index (χ2v) is 9.23. The topological polar surface area (TPSA) is 60.9 Å². The average molecular weight is 466 g/mol. The highest BCUT2D eigenvalue weighted by Crippen LogP contribution is 2.24. The van der Waals surface area contributed by atoms with E-state index in [1.165, 1.54) is 27.5 Å². The number of likely N-dealkylation sites (tertiary alicyclic amines) is 1. The molecule has 1 unspecified atom stereocenters. The predicted molar refractivity (Wildman–Crippen MR) is 127 cm³/mol. The van der Waals surface area contributed by atoms with Crippen LogP contribution in [0.4, 0.5) is 4.39 Å². The van der Waals surface area contributed by atoms with Gasteiger partial charge in [0.2, 0.25) is 5.91 Å². The number of hydrogen-bond donors (Lipinski definition) is 0. The van der Waals surface area contributed by atoms with Crippen molar-refractivity contribution in [1.82, 2.24) is 14.7 Å². The molecule has 0 N–H and O–H groups in total. The summed E-state index contributed by atoms with van der Waals surface area (Å²) in [7, 11) is 0. The van der Waals surface area contributed by atoms with E-state index in [4.69, 9.17) is 0 Å². The Morgan fingerprint density at radius 2 is 1.59 bits per heavy atom. The van der Waals surface area contributed by atoms with Gasteiger partial charge in [0.05, 0.1) is 0 Å². The predicted octanol–water partition coefficient (Wildman–Crippen LogP) is 3.26. The van der Waals surface area contributed by atoms with Crippen molar-refractivity contribution in [2.45, 2.75) is 45.2 Å². The van der Waals surface area contributed by atoms with Gasteiger partial charge in [-0.15, -0.1) is 0 Å². The third-order valence-corrected chi connectivity index (χ3v) is 6.97. The van der Waals surface area contributed by atoms with Crippen LogP contribution in [0.3, 0.4) is 0 Å². The van der Waals surface area contributed by atoms with Gasteiger partial charge in [-0.1, -0.05) is 49.4 Å². The Morgan fingerprint density at radius 3 is 2.24 bits per heavy atom. The van der Waals surface area contributed by atoms with E-state index in [1.54, 1.807) is 12.1 Å². The summed E-state index contributed by atoms with van der Waals surface area (Å²) in [6.07, 6.45) is 3.37. The summed E-state index contributed by atoms with van der Waals surface area (Å²) < 4.78 is 13.2. The van der Waals surface area contributed by atoms with Crippen LogP contribution in [-0.4, -0.2) is 64.6 Å². The molecule has 180 valence electrons. The zero-order valence-electron chi connectivity index (χ0n) is 19.7. The Kier molecular flexibility index (Phi) is 7.60. The fraction of sp³-hybridized carbons (Fsp3) is 0.444. The second kappa shape index (κ2) is 10.8. The number of nitrogens with zero attached hydrogens (tertiary/aromatic N) is 3. The van der Waals surface area contributed by atoms with Crippen molar-refractivity contribution in [3.05, 3.63) is 71.5 Å². The molecular weight excluding hydrogens is 433 g/mol. The lowest BCUT2D eigenvalue weighted by molar-refractivity contribution is -0.161. The molecule has 0 radical (unpaired) electrons.